The van der Waals surface area contributed by atoms with Gasteiger partial charge in [-0.1, -0.05) is 0 Å². The minimum Gasteiger partial charge on any atom is -0.451 e. The smallest absolute Gasteiger partial charge is 0.387 e. The van der Waals surface area contributed by atoms with Crippen molar-refractivity contribution in [2.75, 3.05) is 6.61 Å². The number of ether oxygens (including phenoxy) is 2. The number of hydrogen-bond acceptors (Lipinski definition) is 5. The van der Waals surface area contributed by atoms with Crippen LogP contribution in [0.3, 0.4) is 0 Å². The molecule has 0 aliphatic heterocycles. The van der Waals surface area contributed by atoms with E-state index in [-0.39, 0.29) is 17.3 Å². The Morgan fingerprint density at radius 1 is 1.14 bits per heavy atom. The zero-order valence-corrected chi connectivity index (χ0v) is 17.0. The third-order valence-electron chi connectivity index (χ3n) is 4.16. The van der Waals surface area contributed by atoms with Gasteiger partial charge in [-0.25, -0.2) is 4.79 Å². The molecule has 29 heavy (non-hydrogen) atoms. The van der Waals surface area contributed by atoms with E-state index >= 15 is 0 Å². The van der Waals surface area contributed by atoms with Gasteiger partial charge in [0.1, 0.15) is 5.75 Å². The van der Waals surface area contributed by atoms with E-state index in [4.69, 9.17) is 9.15 Å². The van der Waals surface area contributed by atoms with Crippen LogP contribution in [-0.4, -0.2) is 29.5 Å². The summed E-state index contributed by atoms with van der Waals surface area (Å²) < 4.78 is 41.2. The lowest BCUT2D eigenvalue weighted by atomic mass is 10.1. The van der Waals surface area contributed by atoms with Crippen LogP contribution in [-0.2, 0) is 4.74 Å². The summed E-state index contributed by atoms with van der Waals surface area (Å²) in [6.07, 6.45) is 0. The molecule has 6 nitrogen and oxygen atoms in total. The van der Waals surface area contributed by atoms with Crippen LogP contribution in [0.4, 0.5) is 8.78 Å². The van der Waals surface area contributed by atoms with Gasteiger partial charge in [0.25, 0.3) is 0 Å². The molecule has 0 aliphatic carbocycles. The van der Waals surface area contributed by atoms with Gasteiger partial charge in [-0.2, -0.15) is 8.78 Å². The highest BCUT2D eigenvalue weighted by Crippen LogP contribution is 2.24. The standard InChI is InChI=1S/C20H16BrF2NO5/c1-11-9-15(16(25)10-27-19(26)17-7-8-18(21)29-17)12(2)24(11)13-3-5-14(6-4-13)28-20(22)23/h3-9,20H,10H2,1-2H3. The second-order valence-electron chi connectivity index (χ2n) is 6.10. The molecule has 0 radical (unpaired) electrons. The van der Waals surface area contributed by atoms with Crippen molar-refractivity contribution in [3.63, 3.8) is 0 Å². The number of Topliss-reactive ketones (excluding diaryl/α,β-unsaturated/α-hetero) is 1. The van der Waals surface area contributed by atoms with Gasteiger partial charge in [-0.15, -0.1) is 0 Å². The monoisotopic (exact) mass is 467 g/mol. The van der Waals surface area contributed by atoms with Crippen molar-refractivity contribution in [1.82, 2.24) is 4.57 Å². The number of aromatic nitrogens is 1. The Hall–Kier alpha value is -2.94. The van der Waals surface area contributed by atoms with E-state index in [1.165, 1.54) is 18.2 Å². The zero-order chi connectivity index (χ0) is 21.1. The van der Waals surface area contributed by atoms with Gasteiger partial charge in [-0.3, -0.25) is 4.79 Å². The number of ketones is 1. The van der Waals surface area contributed by atoms with Gasteiger partial charge in [-0.05, 0) is 72.2 Å². The molecular formula is C20H16BrF2NO5. The minimum atomic E-state index is -2.90. The summed E-state index contributed by atoms with van der Waals surface area (Å²) in [6.45, 7) is 0.211. The Bertz CT molecular complexity index is 1040. The Morgan fingerprint density at radius 3 is 2.41 bits per heavy atom. The van der Waals surface area contributed by atoms with E-state index in [1.54, 1.807) is 42.7 Å². The van der Waals surface area contributed by atoms with Crippen LogP contribution in [0.25, 0.3) is 5.69 Å². The molecule has 0 bridgehead atoms. The fraction of sp³-hybridized carbons (Fsp3) is 0.200. The highest BCUT2D eigenvalue weighted by Gasteiger charge is 2.20. The first kappa shape index (κ1) is 20.8. The van der Waals surface area contributed by atoms with Crippen molar-refractivity contribution >= 4 is 27.7 Å². The Kier molecular flexibility index (Phi) is 6.17. The highest BCUT2D eigenvalue weighted by atomic mass is 79.9. The summed E-state index contributed by atoms with van der Waals surface area (Å²) in [5.74, 6) is -1.09. The first-order valence-corrected chi connectivity index (χ1v) is 9.25. The van der Waals surface area contributed by atoms with E-state index in [1.807, 2.05) is 0 Å². The molecule has 0 aliphatic rings. The minimum absolute atomic E-state index is 0.0127. The van der Waals surface area contributed by atoms with Gasteiger partial charge in [0.2, 0.25) is 11.5 Å². The Balaban J connectivity index is 1.74. The highest BCUT2D eigenvalue weighted by molar-refractivity contribution is 9.10. The van der Waals surface area contributed by atoms with Gasteiger partial charge < -0.3 is 18.5 Å². The van der Waals surface area contributed by atoms with Crippen LogP contribution < -0.4 is 4.74 Å². The summed E-state index contributed by atoms with van der Waals surface area (Å²) in [5, 5.41) is 0. The predicted octanol–water partition coefficient (Wildman–Crippen LogP) is 5.09. The predicted molar refractivity (Wildman–Crippen MR) is 103 cm³/mol. The maximum atomic E-state index is 12.5. The SMILES string of the molecule is Cc1cc(C(=O)COC(=O)c2ccc(Br)o2)c(C)n1-c1ccc(OC(F)F)cc1. The van der Waals surface area contributed by atoms with E-state index in [2.05, 4.69) is 20.7 Å². The number of esters is 1. The molecule has 0 unspecified atom stereocenters. The van der Waals surface area contributed by atoms with Crippen LogP contribution in [0.5, 0.6) is 5.75 Å². The molecule has 0 amide bonds. The number of halogens is 3. The number of carbonyl (C=O) groups excluding carboxylic acids is 2. The van der Waals surface area contributed by atoms with E-state index in [0.717, 1.165) is 5.69 Å². The van der Waals surface area contributed by atoms with Crippen molar-refractivity contribution in [2.45, 2.75) is 20.5 Å². The largest absolute Gasteiger partial charge is 0.451 e. The molecule has 152 valence electrons. The molecule has 0 spiro atoms. The molecule has 0 N–H and O–H groups in total. The number of hydrogen-bond donors (Lipinski definition) is 0. The third kappa shape index (κ3) is 4.73. The third-order valence-corrected chi connectivity index (χ3v) is 4.59. The summed E-state index contributed by atoms with van der Waals surface area (Å²) in [7, 11) is 0. The zero-order valence-electron chi connectivity index (χ0n) is 15.4. The molecule has 2 heterocycles. The molecule has 0 saturated carbocycles. The average molecular weight is 468 g/mol. The lowest BCUT2D eigenvalue weighted by Crippen LogP contribution is -2.14. The summed E-state index contributed by atoms with van der Waals surface area (Å²) in [5.41, 5.74) is 2.46. The molecule has 2 aromatic heterocycles. The molecule has 3 rings (SSSR count). The fourth-order valence-corrected chi connectivity index (χ4v) is 3.23. The quantitative estimate of drug-likeness (QED) is 0.357. The molecule has 0 fully saturated rings. The summed E-state index contributed by atoms with van der Waals surface area (Å²) >= 11 is 3.09. The van der Waals surface area contributed by atoms with Crippen molar-refractivity contribution < 1.29 is 32.3 Å². The van der Waals surface area contributed by atoms with E-state index in [0.29, 0.717) is 21.6 Å². The van der Waals surface area contributed by atoms with Crippen LogP contribution >= 0.6 is 15.9 Å². The number of nitrogens with zero attached hydrogens (tertiary/aromatic N) is 1. The Morgan fingerprint density at radius 2 is 1.83 bits per heavy atom. The van der Waals surface area contributed by atoms with E-state index < -0.39 is 19.2 Å². The Labute approximate surface area is 173 Å². The fourth-order valence-electron chi connectivity index (χ4n) is 2.92. The van der Waals surface area contributed by atoms with Gasteiger partial charge in [0.05, 0.1) is 0 Å². The lowest BCUT2D eigenvalue weighted by molar-refractivity contribution is -0.0498. The topological polar surface area (TPSA) is 70.7 Å². The van der Waals surface area contributed by atoms with Crippen LogP contribution in [0.2, 0.25) is 0 Å². The van der Waals surface area contributed by atoms with Crippen LogP contribution in [0, 0.1) is 13.8 Å². The number of carbonyl (C=O) groups is 2. The summed E-state index contributed by atoms with van der Waals surface area (Å²) in [6, 6.07) is 10.7. The summed E-state index contributed by atoms with van der Waals surface area (Å²) in [4.78, 5) is 24.5. The van der Waals surface area contributed by atoms with E-state index in [9.17, 15) is 18.4 Å². The molecule has 9 heteroatoms. The second-order valence-corrected chi connectivity index (χ2v) is 6.88. The maximum absolute atomic E-state index is 12.5. The second kappa shape index (κ2) is 8.60. The molecule has 0 atom stereocenters. The molecule has 1 aromatic carbocycles. The maximum Gasteiger partial charge on any atom is 0.387 e. The average Bonchev–Trinajstić information content (AvgIpc) is 3.23. The van der Waals surface area contributed by atoms with Crippen molar-refractivity contribution in [2.24, 2.45) is 0 Å². The molecular weight excluding hydrogens is 452 g/mol. The number of aryl methyl sites for hydroxylation is 1. The first-order valence-electron chi connectivity index (χ1n) is 8.46. The first-order chi connectivity index (χ1) is 13.8. The number of rotatable bonds is 7. The van der Waals surface area contributed by atoms with Crippen molar-refractivity contribution in [3.8, 4) is 11.4 Å². The van der Waals surface area contributed by atoms with Crippen molar-refractivity contribution in [3.05, 3.63) is 69.8 Å². The number of benzene rings is 1. The van der Waals surface area contributed by atoms with Gasteiger partial charge in [0.15, 0.2) is 11.3 Å². The van der Waals surface area contributed by atoms with Crippen LogP contribution in [0.1, 0.15) is 32.3 Å². The molecule has 3 aromatic rings. The number of alkyl halides is 2. The lowest BCUT2D eigenvalue weighted by Gasteiger charge is -2.11. The van der Waals surface area contributed by atoms with Gasteiger partial charge >= 0.3 is 12.6 Å². The molecule has 0 saturated heterocycles. The normalized spacial score (nSPS) is 11.0. The van der Waals surface area contributed by atoms with Crippen LogP contribution in [0.15, 0.2) is 51.6 Å². The van der Waals surface area contributed by atoms with Crippen molar-refractivity contribution in [1.29, 1.82) is 0 Å². The van der Waals surface area contributed by atoms with Gasteiger partial charge in [0, 0.05) is 22.6 Å². The number of furan rings is 1.